The second-order valence-corrected chi connectivity index (χ2v) is 8.54. The van der Waals surface area contributed by atoms with Crippen molar-refractivity contribution in [3.63, 3.8) is 0 Å². The summed E-state index contributed by atoms with van der Waals surface area (Å²) in [4.78, 5) is 26.4. The lowest BCUT2D eigenvalue weighted by atomic mass is 9.78. The van der Waals surface area contributed by atoms with Crippen molar-refractivity contribution in [1.29, 1.82) is 0 Å². The van der Waals surface area contributed by atoms with Crippen molar-refractivity contribution in [3.05, 3.63) is 53.9 Å². The predicted octanol–water partition coefficient (Wildman–Crippen LogP) is 3.08. The van der Waals surface area contributed by atoms with Crippen LogP contribution in [0.5, 0.6) is 5.75 Å². The molecular weight excluding hydrogens is 451 g/mol. The van der Waals surface area contributed by atoms with Gasteiger partial charge in [0.2, 0.25) is 0 Å². The monoisotopic (exact) mass is 477 g/mol. The van der Waals surface area contributed by atoms with E-state index in [1.807, 2.05) is 27.7 Å². The van der Waals surface area contributed by atoms with E-state index in [4.69, 9.17) is 18.8 Å². The average molecular weight is 477 g/mol. The summed E-state index contributed by atoms with van der Waals surface area (Å²) >= 11 is 0. The number of esters is 2. The summed E-state index contributed by atoms with van der Waals surface area (Å²) in [5.41, 5.74) is -1.02. The van der Waals surface area contributed by atoms with Crippen LogP contribution in [-0.2, 0) is 28.4 Å². The highest BCUT2D eigenvalue weighted by atomic mass is 19.3. The van der Waals surface area contributed by atoms with Crippen molar-refractivity contribution in [1.82, 2.24) is 0 Å². The fourth-order valence-corrected chi connectivity index (χ4v) is 3.40. The molecule has 0 aliphatic carbocycles. The molecule has 2 aliphatic heterocycles. The van der Waals surface area contributed by atoms with E-state index >= 15 is 0 Å². The van der Waals surface area contributed by atoms with Gasteiger partial charge in [0.1, 0.15) is 11.4 Å². The Morgan fingerprint density at radius 1 is 0.971 bits per heavy atom. The first kappa shape index (κ1) is 25.4. The third kappa shape index (κ3) is 5.00. The third-order valence-electron chi connectivity index (χ3n) is 5.83. The summed E-state index contributed by atoms with van der Waals surface area (Å²) in [5.74, 6) is -1.81. The van der Waals surface area contributed by atoms with Gasteiger partial charge in [-0.1, -0.05) is 6.08 Å². The maximum absolute atomic E-state index is 13.1. The van der Waals surface area contributed by atoms with Gasteiger partial charge in [0.05, 0.1) is 31.0 Å². The summed E-state index contributed by atoms with van der Waals surface area (Å²) in [5, 5.41) is 0. The molecule has 0 atom stereocenters. The Morgan fingerprint density at radius 3 is 2.15 bits per heavy atom. The van der Waals surface area contributed by atoms with E-state index in [0.29, 0.717) is 5.46 Å². The molecular formula is C23H26BF2NO7. The van der Waals surface area contributed by atoms with Gasteiger partial charge in [-0.2, -0.15) is 8.78 Å². The van der Waals surface area contributed by atoms with Crippen LogP contribution in [0.1, 0.15) is 27.7 Å². The van der Waals surface area contributed by atoms with E-state index in [0.717, 1.165) is 7.11 Å². The van der Waals surface area contributed by atoms with Gasteiger partial charge in [-0.05, 0) is 57.4 Å². The molecule has 0 saturated carbocycles. The SMILES string of the molecule is COC(=O)C1=C(C(=O)OC)N(c2cc(OC(F)F)cc(B3OC(C)(C)C(C)(C)O3)c2)C=CC=C1. The second kappa shape index (κ2) is 9.59. The molecule has 3 rings (SSSR count). The van der Waals surface area contributed by atoms with Crippen LogP contribution in [0.3, 0.4) is 0 Å². The van der Waals surface area contributed by atoms with E-state index in [1.54, 1.807) is 12.1 Å². The minimum Gasteiger partial charge on any atom is -0.465 e. The number of methoxy groups -OCH3 is 2. The zero-order valence-electron chi connectivity index (χ0n) is 19.8. The average Bonchev–Trinajstić information content (AvgIpc) is 2.91. The molecule has 2 aliphatic rings. The molecule has 11 heteroatoms. The summed E-state index contributed by atoms with van der Waals surface area (Å²) in [6, 6.07) is 4.27. The largest absolute Gasteiger partial charge is 0.495 e. The molecule has 0 N–H and O–H groups in total. The Hall–Kier alpha value is -3.18. The van der Waals surface area contributed by atoms with E-state index in [-0.39, 0.29) is 22.7 Å². The Labute approximate surface area is 196 Å². The summed E-state index contributed by atoms with van der Waals surface area (Å²) in [6.45, 7) is 4.34. The number of hydrogen-bond acceptors (Lipinski definition) is 8. The molecule has 0 spiro atoms. The number of ether oxygens (including phenoxy) is 3. The van der Waals surface area contributed by atoms with Crippen molar-refractivity contribution in [2.45, 2.75) is 45.5 Å². The van der Waals surface area contributed by atoms with Crippen molar-refractivity contribution < 1.29 is 41.9 Å². The van der Waals surface area contributed by atoms with Crippen LogP contribution in [0.25, 0.3) is 0 Å². The van der Waals surface area contributed by atoms with Gasteiger partial charge in [0.25, 0.3) is 0 Å². The van der Waals surface area contributed by atoms with Gasteiger partial charge < -0.3 is 28.4 Å². The molecule has 0 unspecified atom stereocenters. The van der Waals surface area contributed by atoms with E-state index in [2.05, 4.69) is 4.74 Å². The first-order valence-corrected chi connectivity index (χ1v) is 10.4. The number of nitrogens with zero attached hydrogens (tertiary/aromatic N) is 1. The Balaban J connectivity index is 2.18. The molecule has 0 radical (unpaired) electrons. The van der Waals surface area contributed by atoms with Gasteiger partial charge in [-0.25, -0.2) is 9.59 Å². The van der Waals surface area contributed by atoms with Crippen molar-refractivity contribution in [3.8, 4) is 5.75 Å². The molecule has 2 heterocycles. The highest BCUT2D eigenvalue weighted by molar-refractivity contribution is 6.62. The minimum absolute atomic E-state index is 0.0864. The number of hydrogen-bond donors (Lipinski definition) is 0. The van der Waals surface area contributed by atoms with Crippen LogP contribution in [-0.4, -0.2) is 51.1 Å². The predicted molar refractivity (Wildman–Crippen MR) is 121 cm³/mol. The lowest BCUT2D eigenvalue weighted by molar-refractivity contribution is -0.139. The summed E-state index contributed by atoms with van der Waals surface area (Å²) in [7, 11) is 1.44. The minimum atomic E-state index is -3.09. The summed E-state index contributed by atoms with van der Waals surface area (Å²) < 4.78 is 52.7. The van der Waals surface area contributed by atoms with Gasteiger partial charge in [0, 0.05) is 18.0 Å². The molecule has 1 saturated heterocycles. The number of alkyl halides is 2. The Kier molecular flexibility index (Phi) is 7.18. The van der Waals surface area contributed by atoms with E-state index in [9.17, 15) is 18.4 Å². The van der Waals surface area contributed by atoms with Crippen LogP contribution < -0.4 is 15.1 Å². The number of rotatable bonds is 6. The van der Waals surface area contributed by atoms with Crippen molar-refractivity contribution in [2.75, 3.05) is 19.1 Å². The molecule has 0 bridgehead atoms. The number of benzene rings is 1. The number of anilines is 1. The first-order valence-electron chi connectivity index (χ1n) is 10.4. The van der Waals surface area contributed by atoms with Crippen LogP contribution in [0.15, 0.2) is 53.9 Å². The number of carbonyl (C=O) groups excluding carboxylic acids is 2. The lowest BCUT2D eigenvalue weighted by Gasteiger charge is -2.32. The topological polar surface area (TPSA) is 83.5 Å². The molecule has 34 heavy (non-hydrogen) atoms. The van der Waals surface area contributed by atoms with E-state index in [1.165, 1.54) is 42.5 Å². The van der Waals surface area contributed by atoms with Gasteiger partial charge in [-0.15, -0.1) is 0 Å². The van der Waals surface area contributed by atoms with Crippen molar-refractivity contribution in [2.24, 2.45) is 0 Å². The van der Waals surface area contributed by atoms with Crippen LogP contribution in [0.2, 0.25) is 0 Å². The lowest BCUT2D eigenvalue weighted by Crippen LogP contribution is -2.41. The Bertz CT molecular complexity index is 1050. The summed E-state index contributed by atoms with van der Waals surface area (Å²) in [6.07, 6.45) is 5.97. The molecule has 182 valence electrons. The van der Waals surface area contributed by atoms with E-state index < -0.39 is 36.9 Å². The smallest absolute Gasteiger partial charge is 0.465 e. The molecule has 0 amide bonds. The highest BCUT2D eigenvalue weighted by Crippen LogP contribution is 2.37. The van der Waals surface area contributed by atoms with Crippen LogP contribution >= 0.6 is 0 Å². The fourth-order valence-electron chi connectivity index (χ4n) is 3.40. The zero-order valence-corrected chi connectivity index (χ0v) is 19.8. The van der Waals surface area contributed by atoms with Crippen LogP contribution in [0.4, 0.5) is 14.5 Å². The zero-order chi connectivity index (χ0) is 25.3. The van der Waals surface area contributed by atoms with Crippen molar-refractivity contribution >= 4 is 30.2 Å². The number of allylic oxidation sites excluding steroid dienone is 2. The van der Waals surface area contributed by atoms with Gasteiger partial charge >= 0.3 is 25.7 Å². The maximum atomic E-state index is 13.1. The molecule has 8 nitrogen and oxygen atoms in total. The normalized spacial score (nSPS) is 18.9. The highest BCUT2D eigenvalue weighted by Gasteiger charge is 2.52. The molecule has 1 aromatic rings. The standard InChI is InChI=1S/C23H26BF2NO7/c1-22(2)23(3,4)34-24(33-22)14-11-15(13-16(12-14)32-21(25)26)27-10-8-7-9-17(19(28)30-5)18(27)20(29)31-6/h7-13,21H,1-6H3. The second-order valence-electron chi connectivity index (χ2n) is 8.54. The quantitative estimate of drug-likeness (QED) is 0.457. The molecule has 0 aromatic heterocycles. The third-order valence-corrected chi connectivity index (χ3v) is 5.83. The Morgan fingerprint density at radius 2 is 1.59 bits per heavy atom. The number of carbonyl (C=O) groups is 2. The fraction of sp³-hybridized carbons (Fsp3) is 0.391. The van der Waals surface area contributed by atoms with Gasteiger partial charge in [-0.3, -0.25) is 0 Å². The maximum Gasteiger partial charge on any atom is 0.495 e. The van der Waals surface area contributed by atoms with Gasteiger partial charge in [0.15, 0.2) is 0 Å². The molecule has 1 aromatic carbocycles. The first-order chi connectivity index (χ1) is 15.9. The number of halogens is 2. The van der Waals surface area contributed by atoms with Crippen LogP contribution in [0, 0.1) is 0 Å². The molecule has 1 fully saturated rings.